The lowest BCUT2D eigenvalue weighted by molar-refractivity contribution is -0.122. The van der Waals surface area contributed by atoms with Gasteiger partial charge in [0.2, 0.25) is 5.91 Å². The minimum atomic E-state index is -3.60. The van der Waals surface area contributed by atoms with Crippen LogP contribution in [0, 0.1) is 13.8 Å². The third-order valence-electron chi connectivity index (χ3n) is 5.63. The molecule has 1 N–H and O–H groups in total. The van der Waals surface area contributed by atoms with Gasteiger partial charge in [-0.05, 0) is 62.7 Å². The number of carbonyl (C=O) groups is 2. The number of nitrogens with zero attached hydrogens (tertiary/aromatic N) is 2. The molecule has 10 heteroatoms. The number of rotatable bonds is 5. The van der Waals surface area contributed by atoms with E-state index >= 15 is 0 Å². The Morgan fingerprint density at radius 1 is 0.912 bits per heavy atom. The van der Waals surface area contributed by atoms with Crippen LogP contribution >= 0.6 is 0 Å². The summed E-state index contributed by atoms with van der Waals surface area (Å²) in [6.45, 7) is 5.27. The largest absolute Gasteiger partial charge is 0.311 e. The average Bonchev–Trinajstić information content (AvgIpc) is 3.29. The first-order chi connectivity index (χ1) is 15.6. The predicted octanol–water partition coefficient (Wildman–Crippen LogP) is 2.79. The number of halogens is 1. The Labute approximate surface area is 201 Å². The lowest BCUT2D eigenvalue weighted by Gasteiger charge is -2.17. The molecule has 8 nitrogen and oxygen atoms in total. The second-order valence-electron chi connectivity index (χ2n) is 8.37. The molecule has 0 aromatic heterocycles. The SMILES string of the molecule is CNC1CCN(c2cccc(C)c2)C1=O.Cc1cccc(N2CCC(OS(C)(=O)=O)C2=O)c1.F.[3HH]. The van der Waals surface area contributed by atoms with Crippen molar-refractivity contribution < 1.29 is 28.3 Å². The van der Waals surface area contributed by atoms with Crippen LogP contribution in [0.4, 0.5) is 16.1 Å². The minimum absolute atomic E-state index is 0. The van der Waals surface area contributed by atoms with E-state index in [1.807, 2.05) is 68.3 Å². The molecule has 4 rings (SSSR count). The maximum atomic E-state index is 12.0. The zero-order chi connectivity index (χ0) is 24.2. The van der Waals surface area contributed by atoms with Crippen molar-refractivity contribution in [2.75, 3.05) is 36.2 Å². The molecule has 188 valence electrons. The van der Waals surface area contributed by atoms with Crippen molar-refractivity contribution in [3.63, 3.8) is 0 Å². The van der Waals surface area contributed by atoms with Gasteiger partial charge in [0.15, 0.2) is 6.10 Å². The van der Waals surface area contributed by atoms with Crippen LogP contribution in [0.1, 0.15) is 25.4 Å². The van der Waals surface area contributed by atoms with Gasteiger partial charge in [-0.3, -0.25) is 18.5 Å². The minimum Gasteiger partial charge on any atom is -0.311 e. The molecule has 0 saturated carbocycles. The Balaban J connectivity index is 0.000000336. The molecule has 2 fully saturated rings. The molecule has 2 saturated heterocycles. The van der Waals surface area contributed by atoms with Crippen molar-refractivity contribution in [2.45, 2.75) is 38.8 Å². The Hall–Kier alpha value is -2.82. The summed E-state index contributed by atoms with van der Waals surface area (Å²) in [5.41, 5.74) is 4.03. The molecule has 0 aliphatic carbocycles. The van der Waals surface area contributed by atoms with Crippen LogP contribution in [0.25, 0.3) is 0 Å². The molecular weight excluding hydrogens is 461 g/mol. The summed E-state index contributed by atoms with van der Waals surface area (Å²) in [6, 6.07) is 15.6. The number of nitrogens with one attached hydrogen (secondary N) is 1. The average molecular weight is 498 g/mol. The molecule has 2 aromatic rings. The molecule has 0 radical (unpaired) electrons. The highest BCUT2D eigenvalue weighted by Crippen LogP contribution is 2.25. The molecule has 0 spiro atoms. The van der Waals surface area contributed by atoms with Crippen LogP contribution in [-0.4, -0.2) is 58.8 Å². The molecule has 2 heterocycles. The van der Waals surface area contributed by atoms with E-state index in [0.717, 1.165) is 36.2 Å². The summed E-state index contributed by atoms with van der Waals surface area (Å²) in [4.78, 5) is 27.4. The van der Waals surface area contributed by atoms with Gasteiger partial charge in [0.25, 0.3) is 16.0 Å². The zero-order valence-electron chi connectivity index (χ0n) is 19.9. The van der Waals surface area contributed by atoms with Crippen LogP contribution in [0.2, 0.25) is 0 Å². The number of anilines is 2. The summed E-state index contributed by atoms with van der Waals surface area (Å²) in [5, 5.41) is 3.04. The van der Waals surface area contributed by atoms with Gasteiger partial charge in [-0.1, -0.05) is 24.3 Å². The molecule has 0 bridgehead atoms. The third kappa shape index (κ3) is 6.85. The Kier molecular flexibility index (Phi) is 9.31. The highest BCUT2D eigenvalue weighted by atomic mass is 32.2. The van der Waals surface area contributed by atoms with E-state index in [4.69, 9.17) is 4.18 Å². The third-order valence-corrected chi connectivity index (χ3v) is 6.21. The fourth-order valence-corrected chi connectivity index (χ4v) is 4.61. The first-order valence-corrected chi connectivity index (χ1v) is 12.7. The van der Waals surface area contributed by atoms with Crippen LogP contribution in [0.15, 0.2) is 48.5 Å². The van der Waals surface area contributed by atoms with E-state index in [1.54, 1.807) is 4.90 Å². The van der Waals surface area contributed by atoms with Gasteiger partial charge in [-0.25, -0.2) is 0 Å². The quantitative estimate of drug-likeness (QED) is 0.639. The van der Waals surface area contributed by atoms with Crippen molar-refractivity contribution in [3.05, 3.63) is 59.7 Å². The van der Waals surface area contributed by atoms with Crippen LogP contribution in [0.5, 0.6) is 0 Å². The molecule has 2 aliphatic rings. The number of carbonyl (C=O) groups excluding carboxylic acids is 2. The van der Waals surface area contributed by atoms with E-state index < -0.39 is 16.2 Å². The topological polar surface area (TPSA) is 96.0 Å². The number of hydrogen-bond acceptors (Lipinski definition) is 6. The first-order valence-electron chi connectivity index (χ1n) is 10.9. The molecule has 2 amide bonds. The second-order valence-corrected chi connectivity index (χ2v) is 9.97. The normalized spacial score (nSPS) is 20.1. The van der Waals surface area contributed by atoms with E-state index in [9.17, 15) is 18.0 Å². The van der Waals surface area contributed by atoms with Gasteiger partial charge in [-0.2, -0.15) is 8.42 Å². The fraction of sp³-hybridized carbons (Fsp3) is 0.417. The summed E-state index contributed by atoms with van der Waals surface area (Å²) in [5.74, 6) is -0.117. The lowest BCUT2D eigenvalue weighted by Crippen LogP contribution is -2.36. The summed E-state index contributed by atoms with van der Waals surface area (Å²) in [7, 11) is -1.77. The Morgan fingerprint density at radius 2 is 1.41 bits per heavy atom. The lowest BCUT2D eigenvalue weighted by atomic mass is 10.2. The number of amides is 2. The van der Waals surface area contributed by atoms with Crippen molar-refractivity contribution in [2.24, 2.45) is 0 Å². The zero-order valence-corrected chi connectivity index (χ0v) is 20.7. The van der Waals surface area contributed by atoms with Crippen LogP contribution < -0.4 is 15.1 Å². The number of aryl methyl sites for hydroxylation is 2. The van der Waals surface area contributed by atoms with E-state index in [-0.39, 0.29) is 24.0 Å². The highest BCUT2D eigenvalue weighted by molar-refractivity contribution is 7.86. The van der Waals surface area contributed by atoms with E-state index in [0.29, 0.717) is 13.0 Å². The van der Waals surface area contributed by atoms with Crippen LogP contribution in [0.3, 0.4) is 0 Å². The molecule has 2 unspecified atom stereocenters. The maximum absolute atomic E-state index is 12.0. The molecule has 2 aromatic carbocycles. The van der Waals surface area contributed by atoms with Gasteiger partial charge in [-0.15, -0.1) is 0 Å². The van der Waals surface area contributed by atoms with Gasteiger partial charge in [0.05, 0.1) is 12.3 Å². The van der Waals surface area contributed by atoms with Crippen LogP contribution in [-0.2, 0) is 23.9 Å². The van der Waals surface area contributed by atoms with Gasteiger partial charge in [0.1, 0.15) is 0 Å². The first kappa shape index (κ1) is 27.4. The smallest absolute Gasteiger partial charge is 0.265 e. The van der Waals surface area contributed by atoms with Crippen molar-refractivity contribution >= 4 is 33.3 Å². The predicted molar refractivity (Wildman–Crippen MR) is 133 cm³/mol. The van der Waals surface area contributed by atoms with E-state index in [2.05, 4.69) is 11.4 Å². The Morgan fingerprint density at radius 3 is 1.85 bits per heavy atom. The molecule has 2 aliphatic heterocycles. The van der Waals surface area contributed by atoms with Crippen molar-refractivity contribution in [1.82, 2.24) is 5.32 Å². The number of benzene rings is 2. The number of likely N-dealkylation sites (N-methyl/N-ethyl adjacent to an activating group) is 1. The van der Waals surface area contributed by atoms with Gasteiger partial charge in [0, 0.05) is 32.3 Å². The number of hydrogen-bond donors (Lipinski definition) is 1. The standard InChI is InChI=1S/C12H16N2O.C12H15NO4S.FH.H2/c1-9-4-3-5-10(8-9)14-7-6-11(13-2)12(14)15;1-9-4-3-5-10(8-9)13-7-6-11(12(13)14)17-18(2,15)16;;/h3-5,8,11,13H,6-7H2,1-2H3;3-5,8,11H,6-7H2,1-2H3;2*1H/i;;;1+2. The molecule has 2 atom stereocenters. The monoisotopic (exact) mass is 497 g/mol. The second kappa shape index (κ2) is 11.5. The van der Waals surface area contributed by atoms with Gasteiger partial charge < -0.3 is 15.1 Å². The van der Waals surface area contributed by atoms with E-state index in [1.165, 1.54) is 5.56 Å². The summed E-state index contributed by atoms with van der Waals surface area (Å²) < 4.78 is 26.8. The maximum Gasteiger partial charge on any atom is 0.265 e. The fourth-order valence-electron chi connectivity index (χ4n) is 4.01. The van der Waals surface area contributed by atoms with Crippen molar-refractivity contribution in [3.8, 4) is 0 Å². The molecular formula is C24H34FN3O5S. The highest BCUT2D eigenvalue weighted by Gasteiger charge is 2.35. The summed E-state index contributed by atoms with van der Waals surface area (Å²) >= 11 is 0. The summed E-state index contributed by atoms with van der Waals surface area (Å²) in [6.07, 6.45) is 1.35. The Bertz CT molecular complexity index is 1130. The van der Waals surface area contributed by atoms with Crippen molar-refractivity contribution in [1.29, 1.82) is 0 Å². The molecule has 34 heavy (non-hydrogen) atoms. The van der Waals surface area contributed by atoms with Gasteiger partial charge >= 0.3 is 0 Å².